The van der Waals surface area contributed by atoms with Crippen LogP contribution in [0.15, 0.2) is 36.5 Å². The van der Waals surface area contributed by atoms with Crippen LogP contribution in [0.2, 0.25) is 0 Å². The van der Waals surface area contributed by atoms with Crippen molar-refractivity contribution in [3.05, 3.63) is 36.5 Å². The molecule has 9 N–H and O–H groups in total. The van der Waals surface area contributed by atoms with Crippen molar-refractivity contribution in [3.63, 3.8) is 0 Å². The van der Waals surface area contributed by atoms with Gasteiger partial charge < -0.3 is 46.0 Å². The Morgan fingerprint density at radius 3 is 1.24 bits per heavy atom. The number of allylic oxidation sites excluding steroid dienone is 5. The molecule has 0 bridgehead atoms. The van der Waals surface area contributed by atoms with Crippen LogP contribution in [0.4, 0.5) is 0 Å². The fourth-order valence-corrected chi connectivity index (χ4v) is 10.2. The molecule has 13 nitrogen and oxygen atoms in total. The molecule has 1 fully saturated rings. The number of nitrogens with one attached hydrogen (secondary N) is 1. The summed E-state index contributed by atoms with van der Waals surface area (Å²) < 4.78 is 23.0. The van der Waals surface area contributed by atoms with Crippen molar-refractivity contribution in [2.75, 3.05) is 6.61 Å². The Hall–Kier alpha value is -1.48. The van der Waals surface area contributed by atoms with Crippen molar-refractivity contribution >= 4 is 13.7 Å². The monoisotopic (exact) mass is 1030 g/mol. The summed E-state index contributed by atoms with van der Waals surface area (Å²) in [6.45, 7) is 3.78. The summed E-state index contributed by atoms with van der Waals surface area (Å²) in [5.74, 6) is -0.604. The second-order valence-electron chi connectivity index (χ2n) is 20.7. The molecule has 1 aliphatic carbocycles. The highest BCUT2D eigenvalue weighted by Crippen LogP contribution is 2.47. The maximum atomic E-state index is 13.1. The number of aliphatic hydroxyl groups is 7. The minimum Gasteiger partial charge on any atom is -0.393 e. The smallest absolute Gasteiger partial charge is 0.393 e. The predicted octanol–water partition coefficient (Wildman–Crippen LogP) is 12.0. The minimum absolute atomic E-state index is 0.257. The third kappa shape index (κ3) is 37.0. The van der Waals surface area contributed by atoms with Crippen LogP contribution in [0.3, 0.4) is 0 Å². The van der Waals surface area contributed by atoms with Gasteiger partial charge in [-0.3, -0.25) is 13.8 Å². The summed E-state index contributed by atoms with van der Waals surface area (Å²) in [6, 6.07) is -1.26. The second kappa shape index (κ2) is 45.9. The fraction of sp³-hybridized carbons (Fsp3) is 0.877. The topological polar surface area (TPSA) is 226 Å². The van der Waals surface area contributed by atoms with E-state index >= 15 is 0 Å². The third-order valence-corrected chi connectivity index (χ3v) is 14.9. The Labute approximate surface area is 432 Å². The molecular formula is C57H108NO12P. The average Bonchev–Trinajstić information content (AvgIpc) is 3.35. The maximum Gasteiger partial charge on any atom is 0.472 e. The molecule has 71 heavy (non-hydrogen) atoms. The number of hydrogen-bond acceptors (Lipinski definition) is 11. The van der Waals surface area contributed by atoms with Crippen LogP contribution in [-0.4, -0.2) is 108 Å². The lowest BCUT2D eigenvalue weighted by Gasteiger charge is -2.41. The average molecular weight is 1030 g/mol. The molecule has 8 unspecified atom stereocenters. The molecule has 1 saturated carbocycles. The highest BCUT2D eigenvalue weighted by atomic mass is 31.2. The molecule has 0 radical (unpaired) electrons. The first-order valence-electron chi connectivity index (χ1n) is 29.0. The van der Waals surface area contributed by atoms with Gasteiger partial charge in [0.15, 0.2) is 0 Å². The molecule has 0 aromatic heterocycles. The number of phosphoric acid groups is 1. The minimum atomic E-state index is -5.16. The van der Waals surface area contributed by atoms with Gasteiger partial charge in [0.05, 0.1) is 31.3 Å². The molecule has 0 spiro atoms. The molecule has 8 atom stereocenters. The Kier molecular flexibility index (Phi) is 43.6. The first kappa shape index (κ1) is 67.5. The molecule has 14 heteroatoms. The molecule has 0 heterocycles. The van der Waals surface area contributed by atoms with Crippen molar-refractivity contribution in [2.24, 2.45) is 0 Å². The predicted molar refractivity (Wildman–Crippen MR) is 289 cm³/mol. The van der Waals surface area contributed by atoms with Gasteiger partial charge in [-0.15, -0.1) is 0 Å². The normalized spacial score (nSPS) is 21.9. The van der Waals surface area contributed by atoms with Crippen molar-refractivity contribution < 1.29 is 59.0 Å². The van der Waals surface area contributed by atoms with Crippen LogP contribution in [0.1, 0.15) is 258 Å². The van der Waals surface area contributed by atoms with E-state index in [4.69, 9.17) is 9.05 Å². The third-order valence-electron chi connectivity index (χ3n) is 13.9. The number of carbonyl (C=O) groups is 1. The largest absolute Gasteiger partial charge is 0.472 e. The Morgan fingerprint density at radius 2 is 0.831 bits per heavy atom. The molecule has 0 saturated heterocycles. The van der Waals surface area contributed by atoms with Gasteiger partial charge in [0.25, 0.3) is 0 Å². The Balaban J connectivity index is 2.44. The number of amides is 1. The zero-order chi connectivity index (χ0) is 52.2. The summed E-state index contributed by atoms with van der Waals surface area (Å²) in [4.78, 5) is 23.6. The Morgan fingerprint density at radius 1 is 0.493 bits per heavy atom. The van der Waals surface area contributed by atoms with Crippen LogP contribution in [0.25, 0.3) is 0 Å². The molecule has 0 aliphatic heterocycles. The highest BCUT2D eigenvalue weighted by Gasteiger charge is 2.51. The summed E-state index contributed by atoms with van der Waals surface area (Å²) in [6.07, 6.45) is 42.3. The fourth-order valence-electron chi connectivity index (χ4n) is 9.25. The zero-order valence-electron chi connectivity index (χ0n) is 44.9. The molecule has 0 aromatic rings. The van der Waals surface area contributed by atoms with E-state index in [1.54, 1.807) is 6.08 Å². The molecular weight excluding hydrogens is 922 g/mol. The van der Waals surface area contributed by atoms with E-state index in [1.165, 1.54) is 167 Å². The number of hydrogen-bond donors (Lipinski definition) is 9. The first-order valence-corrected chi connectivity index (χ1v) is 30.5. The van der Waals surface area contributed by atoms with Gasteiger partial charge in [-0.1, -0.05) is 230 Å². The zero-order valence-corrected chi connectivity index (χ0v) is 45.8. The van der Waals surface area contributed by atoms with Crippen LogP contribution in [0, 0.1) is 0 Å². The summed E-state index contributed by atoms with van der Waals surface area (Å²) >= 11 is 0. The van der Waals surface area contributed by atoms with Crippen LogP contribution >= 0.6 is 7.82 Å². The maximum absolute atomic E-state index is 13.1. The Bertz CT molecular complexity index is 1350. The lowest BCUT2D eigenvalue weighted by Crippen LogP contribution is -2.64. The number of phosphoric ester groups is 1. The first-order chi connectivity index (χ1) is 34.3. The van der Waals surface area contributed by atoms with Gasteiger partial charge in [-0.25, -0.2) is 4.57 Å². The summed E-state index contributed by atoms with van der Waals surface area (Å²) in [7, 11) is -5.16. The van der Waals surface area contributed by atoms with Crippen molar-refractivity contribution in [2.45, 2.75) is 313 Å². The van der Waals surface area contributed by atoms with E-state index < -0.39 is 75.2 Å². The van der Waals surface area contributed by atoms with E-state index in [-0.39, 0.29) is 6.42 Å². The van der Waals surface area contributed by atoms with Gasteiger partial charge in [0.1, 0.15) is 36.6 Å². The lowest BCUT2D eigenvalue weighted by atomic mass is 9.85. The molecule has 1 rings (SSSR count). The lowest BCUT2D eigenvalue weighted by molar-refractivity contribution is -0.220. The van der Waals surface area contributed by atoms with Crippen molar-refractivity contribution in [1.29, 1.82) is 0 Å². The number of unbranched alkanes of at least 4 members (excludes halogenated alkanes) is 32. The molecule has 1 amide bonds. The quantitative estimate of drug-likeness (QED) is 0.0158. The second-order valence-corrected chi connectivity index (χ2v) is 22.1. The van der Waals surface area contributed by atoms with E-state index in [1.807, 2.05) is 0 Å². The summed E-state index contributed by atoms with van der Waals surface area (Å²) in [5.41, 5.74) is 0. The highest BCUT2D eigenvalue weighted by molar-refractivity contribution is 7.47. The molecule has 1 aliphatic rings. The number of rotatable bonds is 49. The van der Waals surface area contributed by atoms with Crippen LogP contribution in [0.5, 0.6) is 0 Å². The van der Waals surface area contributed by atoms with E-state index in [0.29, 0.717) is 12.8 Å². The van der Waals surface area contributed by atoms with Crippen LogP contribution < -0.4 is 5.32 Å². The van der Waals surface area contributed by atoms with E-state index in [9.17, 15) is 50.0 Å². The van der Waals surface area contributed by atoms with Gasteiger partial charge in [-0.05, 0) is 57.8 Å². The number of aliphatic hydroxyl groups excluding tert-OH is 7. The van der Waals surface area contributed by atoms with Crippen molar-refractivity contribution in [3.8, 4) is 0 Å². The van der Waals surface area contributed by atoms with Gasteiger partial charge >= 0.3 is 7.82 Å². The summed E-state index contributed by atoms with van der Waals surface area (Å²) in [5, 5.41) is 74.8. The molecule has 0 aromatic carbocycles. The van der Waals surface area contributed by atoms with Gasteiger partial charge in [0, 0.05) is 0 Å². The van der Waals surface area contributed by atoms with E-state index in [0.717, 1.165) is 64.2 Å². The van der Waals surface area contributed by atoms with Crippen molar-refractivity contribution in [1.82, 2.24) is 5.32 Å². The van der Waals surface area contributed by atoms with Gasteiger partial charge in [0.2, 0.25) is 5.91 Å². The van der Waals surface area contributed by atoms with Gasteiger partial charge in [-0.2, -0.15) is 0 Å². The standard InChI is InChI=1S/C57H108NO12P/c1-3-5-7-9-11-13-15-17-19-21-23-25-26-28-30-32-34-36-38-40-42-44-48(59)46-51(61)58-49(47-69-71(67,68)70-57-55(65)53(63)52(62)54(64)56(57)66)50(60)45-43-41-39-37-35-33-31-29-27-24-22-20-18-16-14-12-10-8-6-4-2/h28,30,35,37,43,45,48-50,52-57,59-60,62-66H,3-27,29,31-34,36,38-42,44,46-47H2,1-2H3,(H,58,61)(H,67,68)/b30-28-,37-35+,45-43+. The SMILES string of the molecule is CCCCCCCCCCCCCC/C=C\CCCCCCCC(O)CC(=O)NC(COP(=O)(O)OC1C(O)C(O)C(O)C(O)C1O)C(O)/C=C/CC/C=C/CCCCCCCCCCCCCCCC. The molecule has 418 valence electrons. The van der Waals surface area contributed by atoms with E-state index in [2.05, 4.69) is 43.5 Å². The number of carbonyl (C=O) groups excluding carboxylic acids is 1. The van der Waals surface area contributed by atoms with Crippen LogP contribution in [-0.2, 0) is 18.4 Å².